The molecule has 2 aromatic carbocycles. The van der Waals surface area contributed by atoms with Gasteiger partial charge in [-0.25, -0.2) is 0 Å². The summed E-state index contributed by atoms with van der Waals surface area (Å²) in [5, 5.41) is 6.64. The molecular weight excluding hydrogens is 491 g/mol. The fraction of sp³-hybridized carbons (Fsp3) is 0.391. The minimum atomic E-state index is 0. The van der Waals surface area contributed by atoms with Gasteiger partial charge in [-0.3, -0.25) is 9.79 Å². The first-order valence-electron chi connectivity index (χ1n) is 9.99. The molecule has 0 fully saturated rings. The lowest BCUT2D eigenvalue weighted by atomic mass is 10.1. The van der Waals surface area contributed by atoms with Crippen LogP contribution >= 0.6 is 24.0 Å². The van der Waals surface area contributed by atoms with Crippen molar-refractivity contribution in [1.29, 1.82) is 0 Å². The van der Waals surface area contributed by atoms with Crippen molar-refractivity contribution in [1.82, 2.24) is 15.5 Å². The Morgan fingerprint density at radius 3 is 2.53 bits per heavy atom. The lowest BCUT2D eigenvalue weighted by Gasteiger charge is -2.13. The second-order valence-electron chi connectivity index (χ2n) is 6.90. The molecule has 0 aliphatic heterocycles. The van der Waals surface area contributed by atoms with E-state index in [1.807, 2.05) is 49.4 Å². The standard InChI is InChI=1S/C23H32N4O2.HI/c1-5-24-23(26-16-14-19-10-6-7-12-21(19)29-4)25-15-13-18-9-8-11-20(17-18)22(28)27(2)3;/h6-12,17H,5,13-16H2,1-4H3,(H2,24,25,26);1H. The molecular formula is C23H33IN4O2. The quantitative estimate of drug-likeness (QED) is 0.300. The molecule has 164 valence electrons. The zero-order valence-electron chi connectivity index (χ0n) is 18.3. The van der Waals surface area contributed by atoms with Crippen LogP contribution in [0.4, 0.5) is 0 Å². The first-order chi connectivity index (χ1) is 14.0. The Hall–Kier alpha value is -2.29. The Balaban J connectivity index is 0.00000450. The van der Waals surface area contributed by atoms with Crippen molar-refractivity contribution >= 4 is 35.8 Å². The third-order valence-electron chi connectivity index (χ3n) is 4.47. The minimum Gasteiger partial charge on any atom is -0.496 e. The van der Waals surface area contributed by atoms with E-state index in [0.29, 0.717) is 12.1 Å². The molecule has 2 aromatic rings. The minimum absolute atomic E-state index is 0. The van der Waals surface area contributed by atoms with Gasteiger partial charge in [0.2, 0.25) is 0 Å². The van der Waals surface area contributed by atoms with E-state index in [0.717, 1.165) is 48.8 Å². The van der Waals surface area contributed by atoms with E-state index in [4.69, 9.17) is 4.74 Å². The number of halogens is 1. The molecule has 0 heterocycles. The largest absolute Gasteiger partial charge is 0.496 e. The molecule has 0 saturated carbocycles. The van der Waals surface area contributed by atoms with E-state index >= 15 is 0 Å². The third kappa shape index (κ3) is 8.22. The molecule has 0 spiro atoms. The summed E-state index contributed by atoms with van der Waals surface area (Å²) in [5.41, 5.74) is 2.98. The smallest absolute Gasteiger partial charge is 0.253 e. The number of nitrogens with zero attached hydrogens (tertiary/aromatic N) is 2. The van der Waals surface area contributed by atoms with Gasteiger partial charge in [0.1, 0.15) is 5.75 Å². The summed E-state index contributed by atoms with van der Waals surface area (Å²) in [6.07, 6.45) is 1.63. The van der Waals surface area contributed by atoms with Crippen LogP contribution in [0.1, 0.15) is 28.4 Å². The Bertz CT molecular complexity index is 824. The Labute approximate surface area is 197 Å². The number of carbonyl (C=O) groups is 1. The molecule has 0 saturated heterocycles. The van der Waals surface area contributed by atoms with Gasteiger partial charge in [0, 0.05) is 39.3 Å². The number of para-hydroxylation sites is 1. The first kappa shape index (κ1) is 25.7. The number of methoxy groups -OCH3 is 1. The highest BCUT2D eigenvalue weighted by Gasteiger charge is 2.08. The number of nitrogens with one attached hydrogen (secondary N) is 2. The molecule has 0 aliphatic rings. The molecule has 2 rings (SSSR count). The molecule has 30 heavy (non-hydrogen) atoms. The van der Waals surface area contributed by atoms with Gasteiger partial charge in [0.05, 0.1) is 7.11 Å². The van der Waals surface area contributed by atoms with E-state index in [2.05, 4.69) is 21.7 Å². The second-order valence-corrected chi connectivity index (χ2v) is 6.90. The highest BCUT2D eigenvalue weighted by Crippen LogP contribution is 2.17. The molecule has 0 bridgehead atoms. The number of benzene rings is 2. The third-order valence-corrected chi connectivity index (χ3v) is 4.47. The van der Waals surface area contributed by atoms with Crippen molar-refractivity contribution in [3.63, 3.8) is 0 Å². The van der Waals surface area contributed by atoms with Gasteiger partial charge in [-0.15, -0.1) is 24.0 Å². The zero-order chi connectivity index (χ0) is 21.1. The van der Waals surface area contributed by atoms with Crippen LogP contribution < -0.4 is 15.4 Å². The molecule has 0 unspecified atom stereocenters. The van der Waals surface area contributed by atoms with Crippen molar-refractivity contribution in [2.45, 2.75) is 19.8 Å². The number of rotatable bonds is 9. The molecule has 0 aliphatic carbocycles. The summed E-state index contributed by atoms with van der Waals surface area (Å²) in [6.45, 7) is 4.25. The monoisotopic (exact) mass is 524 g/mol. The highest BCUT2D eigenvalue weighted by atomic mass is 127. The second kappa shape index (κ2) is 13.8. The van der Waals surface area contributed by atoms with Crippen LogP contribution in [0.2, 0.25) is 0 Å². The van der Waals surface area contributed by atoms with Gasteiger partial charge in [-0.05, 0) is 49.1 Å². The molecule has 2 N–H and O–H groups in total. The van der Waals surface area contributed by atoms with E-state index in [1.165, 1.54) is 0 Å². The molecule has 0 radical (unpaired) electrons. The number of hydrogen-bond donors (Lipinski definition) is 2. The Kier molecular flexibility index (Phi) is 11.9. The van der Waals surface area contributed by atoms with Crippen LogP contribution in [0.15, 0.2) is 53.5 Å². The predicted octanol–water partition coefficient (Wildman–Crippen LogP) is 3.36. The van der Waals surface area contributed by atoms with Crippen molar-refractivity contribution in [2.24, 2.45) is 4.99 Å². The van der Waals surface area contributed by atoms with Crippen LogP contribution in [0, 0.1) is 0 Å². The summed E-state index contributed by atoms with van der Waals surface area (Å²) in [4.78, 5) is 18.4. The SMILES string of the molecule is CCNC(=NCCc1ccccc1OC)NCCc1cccc(C(=O)N(C)C)c1.I. The topological polar surface area (TPSA) is 66.0 Å². The molecule has 0 atom stereocenters. The predicted molar refractivity (Wildman–Crippen MR) is 134 cm³/mol. The van der Waals surface area contributed by atoms with Crippen molar-refractivity contribution in [3.8, 4) is 5.75 Å². The summed E-state index contributed by atoms with van der Waals surface area (Å²) < 4.78 is 5.40. The first-order valence-corrected chi connectivity index (χ1v) is 9.99. The maximum atomic E-state index is 12.1. The van der Waals surface area contributed by atoms with Crippen LogP contribution in [0.5, 0.6) is 5.75 Å². The van der Waals surface area contributed by atoms with Gasteiger partial charge < -0.3 is 20.3 Å². The number of ether oxygens (including phenoxy) is 1. The van der Waals surface area contributed by atoms with Crippen LogP contribution in [0.3, 0.4) is 0 Å². The molecule has 6 nitrogen and oxygen atoms in total. The number of guanidine groups is 1. The van der Waals surface area contributed by atoms with Gasteiger partial charge >= 0.3 is 0 Å². The Morgan fingerprint density at radius 1 is 1.07 bits per heavy atom. The lowest BCUT2D eigenvalue weighted by molar-refractivity contribution is 0.0827. The van der Waals surface area contributed by atoms with Crippen molar-refractivity contribution in [2.75, 3.05) is 40.8 Å². The van der Waals surface area contributed by atoms with Gasteiger partial charge in [0.15, 0.2) is 5.96 Å². The van der Waals surface area contributed by atoms with E-state index in [1.54, 1.807) is 26.1 Å². The summed E-state index contributed by atoms with van der Waals surface area (Å²) in [6, 6.07) is 15.8. The van der Waals surface area contributed by atoms with Crippen molar-refractivity contribution < 1.29 is 9.53 Å². The molecule has 7 heteroatoms. The van der Waals surface area contributed by atoms with E-state index < -0.39 is 0 Å². The van der Waals surface area contributed by atoms with Crippen LogP contribution in [-0.2, 0) is 12.8 Å². The number of carbonyl (C=O) groups excluding carboxylic acids is 1. The van der Waals surface area contributed by atoms with Crippen LogP contribution in [0.25, 0.3) is 0 Å². The molecule has 0 aromatic heterocycles. The van der Waals surface area contributed by atoms with E-state index in [9.17, 15) is 4.79 Å². The maximum absolute atomic E-state index is 12.1. The van der Waals surface area contributed by atoms with Crippen molar-refractivity contribution in [3.05, 3.63) is 65.2 Å². The average Bonchev–Trinajstić information content (AvgIpc) is 2.73. The van der Waals surface area contributed by atoms with Gasteiger partial charge in [-0.2, -0.15) is 0 Å². The van der Waals surface area contributed by atoms with Crippen LogP contribution in [-0.4, -0.2) is 57.6 Å². The summed E-state index contributed by atoms with van der Waals surface area (Å²) >= 11 is 0. The summed E-state index contributed by atoms with van der Waals surface area (Å²) in [5.74, 6) is 1.71. The van der Waals surface area contributed by atoms with Gasteiger partial charge in [-0.1, -0.05) is 30.3 Å². The maximum Gasteiger partial charge on any atom is 0.253 e. The summed E-state index contributed by atoms with van der Waals surface area (Å²) in [7, 11) is 5.22. The number of aliphatic imine (C=N–C) groups is 1. The fourth-order valence-corrected chi connectivity index (χ4v) is 2.98. The van der Waals surface area contributed by atoms with E-state index in [-0.39, 0.29) is 29.9 Å². The number of amides is 1. The Morgan fingerprint density at radius 2 is 1.83 bits per heavy atom. The average molecular weight is 524 g/mol. The highest BCUT2D eigenvalue weighted by molar-refractivity contribution is 14.0. The zero-order valence-corrected chi connectivity index (χ0v) is 20.6. The normalized spacial score (nSPS) is 10.7. The molecule has 1 amide bonds. The lowest BCUT2D eigenvalue weighted by Crippen LogP contribution is -2.38. The fourth-order valence-electron chi connectivity index (χ4n) is 2.98. The number of hydrogen-bond acceptors (Lipinski definition) is 3. The van der Waals surface area contributed by atoms with Gasteiger partial charge in [0.25, 0.3) is 5.91 Å².